The van der Waals surface area contributed by atoms with Gasteiger partial charge in [0.1, 0.15) is 5.82 Å². The first kappa shape index (κ1) is 23.0. The summed E-state index contributed by atoms with van der Waals surface area (Å²) in [6.45, 7) is 1.81. The van der Waals surface area contributed by atoms with Crippen molar-refractivity contribution in [3.05, 3.63) is 99.4 Å². The number of carbonyl (C=O) groups excluding carboxylic acids is 3. The summed E-state index contributed by atoms with van der Waals surface area (Å²) in [5, 5.41) is 5.21. The Balaban J connectivity index is 1.83. The minimum Gasteiger partial charge on any atom is -0.366 e. The molecule has 0 spiro atoms. The lowest BCUT2D eigenvalue weighted by Crippen LogP contribution is -2.22. The lowest BCUT2D eigenvalue weighted by Gasteiger charge is -2.19. The molecule has 1 atom stereocenters. The molecule has 0 aromatic heterocycles. The maximum Gasteiger partial charge on any atom is 0.416 e. The van der Waals surface area contributed by atoms with Gasteiger partial charge in [-0.1, -0.05) is 24.3 Å². The maximum absolute atomic E-state index is 13.8. The number of amides is 3. The Bertz CT molecular complexity index is 1350. The summed E-state index contributed by atoms with van der Waals surface area (Å²) < 4.78 is 53.0. The Morgan fingerprint density at radius 1 is 1.06 bits per heavy atom. The summed E-state index contributed by atoms with van der Waals surface area (Å²) >= 11 is 0. The Kier molecular flexibility index (Phi) is 5.60. The van der Waals surface area contributed by atoms with Crippen LogP contribution in [0, 0.1) is 12.7 Å². The molecule has 10 heteroatoms. The number of carbonyl (C=O) groups is 3. The van der Waals surface area contributed by atoms with E-state index in [4.69, 9.17) is 5.73 Å². The molecule has 4 rings (SSSR count). The molecular weight excluding hydrogens is 454 g/mol. The van der Waals surface area contributed by atoms with Gasteiger partial charge >= 0.3 is 6.18 Å². The number of halogens is 4. The van der Waals surface area contributed by atoms with E-state index in [1.165, 1.54) is 12.1 Å². The fourth-order valence-electron chi connectivity index (χ4n) is 3.98. The van der Waals surface area contributed by atoms with E-state index in [-0.39, 0.29) is 28.4 Å². The van der Waals surface area contributed by atoms with E-state index in [0.29, 0.717) is 17.7 Å². The van der Waals surface area contributed by atoms with E-state index in [0.717, 1.165) is 5.56 Å². The molecule has 34 heavy (non-hydrogen) atoms. The summed E-state index contributed by atoms with van der Waals surface area (Å²) in [5.74, 6) is -3.72. The van der Waals surface area contributed by atoms with Crippen LogP contribution >= 0.6 is 0 Å². The molecule has 1 unspecified atom stereocenters. The van der Waals surface area contributed by atoms with Crippen molar-refractivity contribution >= 4 is 23.4 Å². The molecule has 1 aliphatic rings. The molecule has 0 bridgehead atoms. The average molecular weight is 471 g/mol. The molecular formula is C24H17F4N3O3. The van der Waals surface area contributed by atoms with E-state index >= 15 is 0 Å². The Labute approximate surface area is 190 Å². The molecule has 0 saturated heterocycles. The van der Waals surface area contributed by atoms with Crippen LogP contribution in [-0.4, -0.2) is 17.7 Å². The highest BCUT2D eigenvalue weighted by molar-refractivity contribution is 6.13. The summed E-state index contributed by atoms with van der Waals surface area (Å²) in [5.41, 5.74) is 5.20. The number of primary amides is 1. The van der Waals surface area contributed by atoms with Gasteiger partial charge in [-0.3, -0.25) is 14.4 Å². The van der Waals surface area contributed by atoms with Gasteiger partial charge in [0.15, 0.2) is 0 Å². The molecule has 4 N–H and O–H groups in total. The summed E-state index contributed by atoms with van der Waals surface area (Å²) in [4.78, 5) is 37.5. The van der Waals surface area contributed by atoms with Crippen LogP contribution in [0.2, 0.25) is 0 Å². The van der Waals surface area contributed by atoms with E-state index in [2.05, 4.69) is 10.6 Å². The van der Waals surface area contributed by atoms with E-state index < -0.39 is 46.9 Å². The smallest absolute Gasteiger partial charge is 0.366 e. The van der Waals surface area contributed by atoms with E-state index in [9.17, 15) is 31.9 Å². The number of fused-ring (bicyclic) bond motifs is 1. The van der Waals surface area contributed by atoms with Crippen LogP contribution in [0.3, 0.4) is 0 Å². The predicted octanol–water partition coefficient (Wildman–Crippen LogP) is 4.34. The number of alkyl halides is 3. The fourth-order valence-corrected chi connectivity index (χ4v) is 3.98. The maximum atomic E-state index is 13.8. The molecule has 0 aliphatic carbocycles. The van der Waals surface area contributed by atoms with E-state index in [1.54, 1.807) is 31.2 Å². The largest absolute Gasteiger partial charge is 0.416 e. The first-order valence-electron chi connectivity index (χ1n) is 9.99. The second kappa shape index (κ2) is 8.29. The number of aryl methyl sites for hydroxylation is 1. The topological polar surface area (TPSA) is 101 Å². The van der Waals surface area contributed by atoms with Crippen LogP contribution in [0.1, 0.15) is 59.4 Å². The van der Waals surface area contributed by atoms with E-state index in [1.807, 2.05) is 0 Å². The minimum absolute atomic E-state index is 0.0474. The number of nitrogens with two attached hydrogens (primary N) is 1. The summed E-state index contributed by atoms with van der Waals surface area (Å²) in [6, 6.07) is 10.4. The van der Waals surface area contributed by atoms with Gasteiger partial charge in [-0.15, -0.1) is 0 Å². The summed E-state index contributed by atoms with van der Waals surface area (Å²) in [6.07, 6.45) is -4.85. The van der Waals surface area contributed by atoms with Gasteiger partial charge in [0.25, 0.3) is 11.8 Å². The van der Waals surface area contributed by atoms with Gasteiger partial charge in [0.05, 0.1) is 22.7 Å². The van der Waals surface area contributed by atoms with Crippen LogP contribution in [0.15, 0.2) is 54.6 Å². The molecule has 174 valence electrons. The molecule has 6 nitrogen and oxygen atoms in total. The zero-order valence-electron chi connectivity index (χ0n) is 17.6. The molecule has 1 aliphatic heterocycles. The van der Waals surface area contributed by atoms with Crippen molar-refractivity contribution in [2.75, 3.05) is 5.32 Å². The molecule has 3 amide bonds. The molecule has 3 aromatic carbocycles. The first-order valence-corrected chi connectivity index (χ1v) is 9.99. The predicted molar refractivity (Wildman–Crippen MR) is 115 cm³/mol. The lowest BCUT2D eigenvalue weighted by molar-refractivity contribution is -0.137. The van der Waals surface area contributed by atoms with Crippen LogP contribution < -0.4 is 16.4 Å². The van der Waals surface area contributed by atoms with Gasteiger partial charge in [-0.25, -0.2) is 4.39 Å². The Hall–Kier alpha value is -4.21. The SMILES string of the molecule is Cc1ccccc1C1NC(=O)c2c(C(N)=O)ccc(NC(=O)c3cc(F)cc(C(F)(F)F)c3)c21. The molecule has 0 saturated carbocycles. The number of rotatable bonds is 4. The highest BCUT2D eigenvalue weighted by Crippen LogP contribution is 2.39. The first-order chi connectivity index (χ1) is 16.0. The second-order valence-electron chi connectivity index (χ2n) is 7.76. The van der Waals surface area contributed by atoms with Crippen LogP contribution in [0.4, 0.5) is 23.2 Å². The monoisotopic (exact) mass is 471 g/mol. The van der Waals surface area contributed by atoms with Gasteiger partial charge in [0.2, 0.25) is 5.91 Å². The van der Waals surface area contributed by atoms with Gasteiger partial charge in [-0.2, -0.15) is 13.2 Å². The molecule has 0 radical (unpaired) electrons. The normalized spacial score (nSPS) is 15.0. The van der Waals surface area contributed by atoms with Gasteiger partial charge in [0, 0.05) is 16.8 Å². The highest BCUT2D eigenvalue weighted by Gasteiger charge is 2.37. The van der Waals surface area contributed by atoms with Crippen LogP contribution in [0.5, 0.6) is 0 Å². The Morgan fingerprint density at radius 2 is 1.76 bits per heavy atom. The van der Waals surface area contributed by atoms with Crippen LogP contribution in [-0.2, 0) is 6.18 Å². The zero-order valence-corrected chi connectivity index (χ0v) is 17.6. The number of anilines is 1. The van der Waals surface area contributed by atoms with Crippen molar-refractivity contribution in [3.63, 3.8) is 0 Å². The van der Waals surface area contributed by atoms with Crippen molar-refractivity contribution in [2.24, 2.45) is 5.73 Å². The average Bonchev–Trinajstić information content (AvgIpc) is 3.10. The number of hydrogen-bond donors (Lipinski definition) is 3. The third-order valence-corrected chi connectivity index (χ3v) is 5.54. The Morgan fingerprint density at radius 3 is 2.41 bits per heavy atom. The highest BCUT2D eigenvalue weighted by atomic mass is 19.4. The van der Waals surface area contributed by atoms with Crippen LogP contribution in [0.25, 0.3) is 0 Å². The number of benzene rings is 3. The van der Waals surface area contributed by atoms with Crippen molar-refractivity contribution < 1.29 is 31.9 Å². The minimum atomic E-state index is -4.85. The van der Waals surface area contributed by atoms with Crippen molar-refractivity contribution in [2.45, 2.75) is 19.1 Å². The summed E-state index contributed by atoms with van der Waals surface area (Å²) in [7, 11) is 0. The molecule has 1 heterocycles. The third kappa shape index (κ3) is 4.09. The van der Waals surface area contributed by atoms with Gasteiger partial charge in [-0.05, 0) is 48.4 Å². The number of nitrogens with one attached hydrogen (secondary N) is 2. The molecule has 0 fully saturated rings. The fraction of sp³-hybridized carbons (Fsp3) is 0.125. The second-order valence-corrected chi connectivity index (χ2v) is 7.76. The standard InChI is InChI=1S/C24H17F4N3O3/c1-11-4-2-3-5-15(11)20-19-17(7-6-16(21(29)32)18(19)23(34)31-20)30-22(33)12-8-13(24(26,27)28)10-14(25)9-12/h2-10,20H,1H3,(H2,29,32)(H,30,33)(H,31,34). The van der Waals surface area contributed by atoms with Crippen molar-refractivity contribution in [1.82, 2.24) is 5.32 Å². The zero-order chi connectivity index (χ0) is 24.8. The quantitative estimate of drug-likeness (QED) is 0.494. The number of hydrogen-bond acceptors (Lipinski definition) is 3. The molecule has 3 aromatic rings. The third-order valence-electron chi connectivity index (χ3n) is 5.54. The van der Waals surface area contributed by atoms with Crippen molar-refractivity contribution in [1.29, 1.82) is 0 Å². The van der Waals surface area contributed by atoms with Crippen molar-refractivity contribution in [3.8, 4) is 0 Å². The van der Waals surface area contributed by atoms with Gasteiger partial charge < -0.3 is 16.4 Å². The lowest BCUT2D eigenvalue weighted by atomic mass is 9.91.